The average molecular weight is 718 g/mol. The molecule has 3 saturated heterocycles. The van der Waals surface area contributed by atoms with Gasteiger partial charge in [-0.3, -0.25) is 9.69 Å². The van der Waals surface area contributed by atoms with E-state index in [0.29, 0.717) is 30.3 Å². The smallest absolute Gasteiger partial charge is 0.254 e. The number of anilines is 2. The summed E-state index contributed by atoms with van der Waals surface area (Å²) in [5.74, 6) is 1.18. The second-order valence-electron chi connectivity index (χ2n) is 15.1. The molecule has 0 saturated carbocycles. The average Bonchev–Trinajstić information content (AvgIpc) is 3.93. The van der Waals surface area contributed by atoms with Crippen LogP contribution in [-0.2, 0) is 13.1 Å². The summed E-state index contributed by atoms with van der Waals surface area (Å²) < 4.78 is 31.4. The van der Waals surface area contributed by atoms with Crippen LogP contribution in [0.2, 0.25) is 0 Å². The second kappa shape index (κ2) is 14.1. The number of nitrogens with zero attached hydrogens (tertiary/aromatic N) is 8. The number of imidazole rings is 1. The monoisotopic (exact) mass is 717 g/mol. The van der Waals surface area contributed by atoms with Crippen molar-refractivity contribution in [1.29, 1.82) is 0 Å². The first-order valence-electron chi connectivity index (χ1n) is 19.0. The van der Waals surface area contributed by atoms with Crippen molar-refractivity contribution in [2.45, 2.75) is 69.7 Å². The summed E-state index contributed by atoms with van der Waals surface area (Å²) in [4.78, 5) is 31.6. The number of aromatic nitrogens is 4. The van der Waals surface area contributed by atoms with Gasteiger partial charge in [0.05, 0.1) is 17.9 Å². The molecule has 0 bridgehead atoms. The molecule has 0 aliphatic carbocycles. The molecule has 53 heavy (non-hydrogen) atoms. The number of pyridine rings is 1. The molecule has 1 unspecified atom stereocenters. The van der Waals surface area contributed by atoms with Crippen molar-refractivity contribution in [2.24, 2.45) is 0 Å². The van der Waals surface area contributed by atoms with Crippen LogP contribution in [-0.4, -0.2) is 87.1 Å². The number of carbonyl (C=O) groups is 1. The standard InChI is InChI=1S/C41H45F2N9O/c1-48(25-29-20-28-26-51(32-8-4-16-44-23-32)41(53)33(28)22-34(29)43)31-14-18-49(19-15-31)39-11-3-9-35(46-39)37-24-45-38-12-13-40(47-52(37)38)50-17-5-10-36(50)27-6-2-7-30(42)21-27/h2-3,6-7,9,11-13,20-22,24,31-32,36,44H,4-5,8,10,14-19,23,25-26H2,1H3/t32?,36-/m1/s1. The molecule has 5 aromatic rings. The Morgan fingerprint density at radius 2 is 1.77 bits per heavy atom. The number of piperidine rings is 2. The molecule has 2 atom stereocenters. The minimum absolute atomic E-state index is 0.0437. The van der Waals surface area contributed by atoms with E-state index in [1.54, 1.807) is 12.1 Å². The van der Waals surface area contributed by atoms with Gasteiger partial charge in [0.15, 0.2) is 5.65 Å². The molecular weight excluding hydrogens is 673 g/mol. The van der Waals surface area contributed by atoms with Gasteiger partial charge in [-0.1, -0.05) is 18.2 Å². The first kappa shape index (κ1) is 33.9. The highest BCUT2D eigenvalue weighted by Gasteiger charge is 2.35. The largest absolute Gasteiger partial charge is 0.356 e. The Labute approximate surface area is 308 Å². The van der Waals surface area contributed by atoms with Crippen LogP contribution in [0.3, 0.4) is 0 Å². The topological polar surface area (TPSA) is 85.1 Å². The molecule has 0 spiro atoms. The Hall–Kier alpha value is -4.94. The minimum Gasteiger partial charge on any atom is -0.356 e. The molecule has 3 fully saturated rings. The second-order valence-corrected chi connectivity index (χ2v) is 15.1. The van der Waals surface area contributed by atoms with Crippen LogP contribution in [0.15, 0.2) is 72.9 Å². The Bertz CT molecular complexity index is 2140. The Morgan fingerprint density at radius 3 is 2.60 bits per heavy atom. The summed E-state index contributed by atoms with van der Waals surface area (Å²) in [6.45, 7) is 5.37. The number of hydrogen-bond donors (Lipinski definition) is 1. The fourth-order valence-corrected chi connectivity index (χ4v) is 8.89. The van der Waals surface area contributed by atoms with Crippen molar-refractivity contribution < 1.29 is 13.6 Å². The maximum absolute atomic E-state index is 15.4. The van der Waals surface area contributed by atoms with E-state index < -0.39 is 0 Å². The van der Waals surface area contributed by atoms with Gasteiger partial charge in [0.1, 0.15) is 29.0 Å². The van der Waals surface area contributed by atoms with Crippen molar-refractivity contribution in [1.82, 2.24) is 34.7 Å². The van der Waals surface area contributed by atoms with Gasteiger partial charge in [0.2, 0.25) is 0 Å². The van der Waals surface area contributed by atoms with Crippen molar-refractivity contribution in [2.75, 3.05) is 49.6 Å². The van der Waals surface area contributed by atoms with Crippen LogP contribution in [0.1, 0.15) is 71.6 Å². The van der Waals surface area contributed by atoms with Crippen molar-refractivity contribution >= 4 is 23.2 Å². The maximum atomic E-state index is 15.4. The molecule has 4 aliphatic rings. The van der Waals surface area contributed by atoms with E-state index in [2.05, 4.69) is 38.1 Å². The zero-order chi connectivity index (χ0) is 36.1. The van der Waals surface area contributed by atoms with Crippen LogP contribution in [0.25, 0.3) is 17.0 Å². The van der Waals surface area contributed by atoms with E-state index in [0.717, 1.165) is 111 Å². The molecule has 1 amide bonds. The van der Waals surface area contributed by atoms with Crippen molar-refractivity contribution in [3.8, 4) is 11.4 Å². The van der Waals surface area contributed by atoms with Gasteiger partial charge >= 0.3 is 0 Å². The number of benzene rings is 2. The molecule has 7 heterocycles. The summed E-state index contributed by atoms with van der Waals surface area (Å²) in [6, 6.07) is 20.9. The van der Waals surface area contributed by atoms with E-state index in [1.165, 1.54) is 12.1 Å². The molecule has 4 aliphatic heterocycles. The van der Waals surface area contributed by atoms with Crippen LogP contribution in [0.4, 0.5) is 20.4 Å². The fourth-order valence-electron chi connectivity index (χ4n) is 8.89. The van der Waals surface area contributed by atoms with Gasteiger partial charge in [-0.2, -0.15) is 0 Å². The van der Waals surface area contributed by atoms with E-state index in [9.17, 15) is 9.18 Å². The molecule has 3 aromatic heterocycles. The van der Waals surface area contributed by atoms with Gasteiger partial charge in [-0.15, -0.1) is 5.10 Å². The Balaban J connectivity index is 0.863. The number of amides is 1. The zero-order valence-corrected chi connectivity index (χ0v) is 30.1. The number of fused-ring (bicyclic) bond motifs is 2. The lowest BCUT2D eigenvalue weighted by Crippen LogP contribution is -2.46. The normalized spacial score (nSPS) is 21.0. The molecule has 12 heteroatoms. The van der Waals surface area contributed by atoms with E-state index in [-0.39, 0.29) is 29.6 Å². The van der Waals surface area contributed by atoms with E-state index in [1.807, 2.05) is 52.0 Å². The van der Waals surface area contributed by atoms with Crippen LogP contribution < -0.4 is 15.1 Å². The van der Waals surface area contributed by atoms with Gasteiger partial charge < -0.3 is 20.0 Å². The fraction of sp³-hybridized carbons (Fsp3) is 0.415. The highest BCUT2D eigenvalue weighted by atomic mass is 19.1. The SMILES string of the molecule is CN(Cc1cc2c(cc1F)C(=O)N(C1CCCNC1)C2)C1CCN(c2cccc(-c3cnc4ccc(N5CCC[C@@H]5c5cccc(F)c5)nn34)n2)CC1. The summed E-state index contributed by atoms with van der Waals surface area (Å²) in [6.07, 6.45) is 7.68. The molecule has 274 valence electrons. The quantitative estimate of drug-likeness (QED) is 0.203. The van der Waals surface area contributed by atoms with Crippen LogP contribution in [0.5, 0.6) is 0 Å². The molecule has 0 radical (unpaired) electrons. The lowest BCUT2D eigenvalue weighted by Gasteiger charge is -2.37. The van der Waals surface area contributed by atoms with Gasteiger partial charge in [0.25, 0.3) is 5.91 Å². The highest BCUT2D eigenvalue weighted by Crippen LogP contribution is 2.36. The lowest BCUT2D eigenvalue weighted by molar-refractivity contribution is 0.0674. The number of halogens is 2. The first-order valence-corrected chi connectivity index (χ1v) is 19.0. The third kappa shape index (κ3) is 6.52. The number of hydrogen-bond acceptors (Lipinski definition) is 8. The van der Waals surface area contributed by atoms with Crippen molar-refractivity contribution in [3.05, 3.63) is 107 Å². The zero-order valence-electron chi connectivity index (χ0n) is 30.1. The molecule has 10 nitrogen and oxygen atoms in total. The molecular formula is C41H45F2N9O. The maximum Gasteiger partial charge on any atom is 0.254 e. The highest BCUT2D eigenvalue weighted by molar-refractivity contribution is 5.98. The number of carbonyl (C=O) groups excluding carboxylic acids is 1. The predicted octanol–water partition coefficient (Wildman–Crippen LogP) is 6.22. The summed E-state index contributed by atoms with van der Waals surface area (Å²) in [7, 11) is 2.07. The third-order valence-corrected chi connectivity index (χ3v) is 11.8. The summed E-state index contributed by atoms with van der Waals surface area (Å²) in [5, 5.41) is 8.42. The lowest BCUT2D eigenvalue weighted by atomic mass is 10.0. The van der Waals surface area contributed by atoms with E-state index >= 15 is 4.39 Å². The first-order chi connectivity index (χ1) is 25.9. The Kier molecular flexibility index (Phi) is 9.03. The van der Waals surface area contributed by atoms with E-state index in [4.69, 9.17) is 10.1 Å². The van der Waals surface area contributed by atoms with Gasteiger partial charge in [-0.05, 0) is 112 Å². The molecule has 2 aromatic carbocycles. The van der Waals surface area contributed by atoms with Gasteiger partial charge in [-0.25, -0.2) is 23.3 Å². The van der Waals surface area contributed by atoms with Gasteiger partial charge in [0, 0.05) is 62.5 Å². The minimum atomic E-state index is -0.299. The Morgan fingerprint density at radius 1 is 0.906 bits per heavy atom. The predicted molar refractivity (Wildman–Crippen MR) is 201 cm³/mol. The number of rotatable bonds is 8. The molecule has 1 N–H and O–H groups in total. The third-order valence-electron chi connectivity index (χ3n) is 11.8. The van der Waals surface area contributed by atoms with Crippen LogP contribution >= 0.6 is 0 Å². The number of nitrogens with one attached hydrogen (secondary N) is 1. The van der Waals surface area contributed by atoms with Crippen molar-refractivity contribution in [3.63, 3.8) is 0 Å². The van der Waals surface area contributed by atoms with Crippen LogP contribution in [0, 0.1) is 11.6 Å². The summed E-state index contributed by atoms with van der Waals surface area (Å²) in [5.41, 5.74) is 5.43. The summed E-state index contributed by atoms with van der Waals surface area (Å²) >= 11 is 0. The molecule has 9 rings (SSSR count).